The minimum atomic E-state index is -0.796. The van der Waals surface area contributed by atoms with Gasteiger partial charge in [-0.3, -0.25) is 9.59 Å². The predicted octanol–water partition coefficient (Wildman–Crippen LogP) is 2.21. The molecule has 1 rings (SSSR count). The van der Waals surface area contributed by atoms with E-state index in [2.05, 4.69) is 21.2 Å². The van der Waals surface area contributed by atoms with E-state index in [0.717, 1.165) is 10.9 Å². The number of benzene rings is 1. The molecule has 4 N–H and O–H groups in total. The molecular formula is C12H15BrN2O3. The molecule has 1 aromatic carbocycles. The van der Waals surface area contributed by atoms with Gasteiger partial charge in [0.1, 0.15) is 0 Å². The highest BCUT2D eigenvalue weighted by Crippen LogP contribution is 2.21. The Labute approximate surface area is 113 Å². The van der Waals surface area contributed by atoms with Crippen molar-refractivity contribution < 1.29 is 14.7 Å². The van der Waals surface area contributed by atoms with E-state index >= 15 is 0 Å². The fourth-order valence-electron chi connectivity index (χ4n) is 1.50. The van der Waals surface area contributed by atoms with Gasteiger partial charge in [-0.2, -0.15) is 0 Å². The lowest BCUT2D eigenvalue weighted by Gasteiger charge is -2.10. The lowest BCUT2D eigenvalue weighted by Crippen LogP contribution is -2.15. The Hall–Kier alpha value is -1.56. The molecule has 0 radical (unpaired) electrons. The van der Waals surface area contributed by atoms with Crippen LogP contribution in [0.25, 0.3) is 0 Å². The minimum Gasteiger partial charge on any atom is -0.481 e. The van der Waals surface area contributed by atoms with Gasteiger partial charge < -0.3 is 16.2 Å². The molecule has 98 valence electrons. The number of carboxylic acids is 1. The molecule has 0 aromatic heterocycles. The van der Waals surface area contributed by atoms with E-state index in [9.17, 15) is 9.59 Å². The first kappa shape index (κ1) is 14.5. The number of carboxylic acid groups (broad SMARTS) is 1. The maximum atomic E-state index is 11.2. The minimum absolute atomic E-state index is 0.156. The summed E-state index contributed by atoms with van der Waals surface area (Å²) in [4.78, 5) is 21.5. The van der Waals surface area contributed by atoms with Crippen LogP contribution in [0, 0.1) is 0 Å². The zero-order chi connectivity index (χ0) is 13.5. The molecule has 0 aliphatic rings. The maximum absolute atomic E-state index is 11.2. The Morgan fingerprint density at radius 3 is 2.67 bits per heavy atom. The van der Waals surface area contributed by atoms with Crippen LogP contribution >= 0.6 is 15.9 Å². The number of aliphatic carboxylic acids is 1. The SMILES string of the molecule is NC(=O)c1ccc(Br)cc1NCCCCC(=O)O. The molecule has 1 aromatic rings. The summed E-state index contributed by atoms with van der Waals surface area (Å²) in [5, 5.41) is 11.6. The number of nitrogens with one attached hydrogen (secondary N) is 1. The van der Waals surface area contributed by atoms with Crippen LogP contribution in [0.15, 0.2) is 22.7 Å². The second kappa shape index (κ2) is 7.00. The molecule has 0 aliphatic carbocycles. The third-order valence-corrected chi connectivity index (χ3v) is 2.87. The van der Waals surface area contributed by atoms with Crippen molar-refractivity contribution in [2.75, 3.05) is 11.9 Å². The van der Waals surface area contributed by atoms with Crippen molar-refractivity contribution in [3.05, 3.63) is 28.2 Å². The van der Waals surface area contributed by atoms with Gasteiger partial charge in [0.2, 0.25) is 0 Å². The average Bonchev–Trinajstić information content (AvgIpc) is 2.27. The summed E-state index contributed by atoms with van der Waals surface area (Å²) >= 11 is 3.32. The average molecular weight is 315 g/mol. The Morgan fingerprint density at radius 1 is 1.33 bits per heavy atom. The quantitative estimate of drug-likeness (QED) is 0.673. The fraction of sp³-hybridized carbons (Fsp3) is 0.333. The Kier molecular flexibility index (Phi) is 5.64. The number of halogens is 1. The van der Waals surface area contributed by atoms with Crippen LogP contribution in [-0.2, 0) is 4.79 Å². The monoisotopic (exact) mass is 314 g/mol. The summed E-state index contributed by atoms with van der Waals surface area (Å²) in [6, 6.07) is 5.17. The van der Waals surface area contributed by atoms with Gasteiger partial charge in [-0.25, -0.2) is 0 Å². The Morgan fingerprint density at radius 2 is 2.06 bits per heavy atom. The van der Waals surface area contributed by atoms with Crippen LogP contribution in [0.3, 0.4) is 0 Å². The number of primary amides is 1. The Balaban J connectivity index is 2.53. The first-order chi connectivity index (χ1) is 8.50. The normalized spacial score (nSPS) is 10.1. The van der Waals surface area contributed by atoms with Crippen LogP contribution < -0.4 is 11.1 Å². The molecule has 0 atom stereocenters. The number of carbonyl (C=O) groups is 2. The zero-order valence-corrected chi connectivity index (χ0v) is 11.4. The molecule has 6 heteroatoms. The molecule has 0 fully saturated rings. The molecule has 5 nitrogen and oxygen atoms in total. The van der Waals surface area contributed by atoms with Crippen LogP contribution in [0.2, 0.25) is 0 Å². The fourth-order valence-corrected chi connectivity index (χ4v) is 1.86. The summed E-state index contributed by atoms with van der Waals surface area (Å²) in [6.45, 7) is 0.601. The van der Waals surface area contributed by atoms with Crippen LogP contribution in [-0.4, -0.2) is 23.5 Å². The van der Waals surface area contributed by atoms with Gasteiger partial charge in [-0.1, -0.05) is 15.9 Å². The number of carbonyl (C=O) groups excluding carboxylic acids is 1. The first-order valence-corrected chi connectivity index (χ1v) is 6.35. The highest BCUT2D eigenvalue weighted by molar-refractivity contribution is 9.10. The van der Waals surface area contributed by atoms with Gasteiger partial charge in [0, 0.05) is 23.1 Å². The summed E-state index contributed by atoms with van der Waals surface area (Å²) in [7, 11) is 0. The lowest BCUT2D eigenvalue weighted by atomic mass is 10.1. The van der Waals surface area contributed by atoms with E-state index in [1.807, 2.05) is 0 Å². The molecular weight excluding hydrogens is 300 g/mol. The second-order valence-electron chi connectivity index (χ2n) is 3.83. The third kappa shape index (κ3) is 4.75. The number of amides is 1. The molecule has 1 amide bonds. The van der Waals surface area contributed by atoms with Gasteiger partial charge in [0.25, 0.3) is 5.91 Å². The molecule has 0 heterocycles. The predicted molar refractivity (Wildman–Crippen MR) is 72.6 cm³/mol. The molecule has 18 heavy (non-hydrogen) atoms. The van der Waals surface area contributed by atoms with Crippen molar-refractivity contribution >= 4 is 33.5 Å². The molecule has 0 unspecified atom stereocenters. The van der Waals surface area contributed by atoms with Crippen molar-refractivity contribution in [2.24, 2.45) is 5.73 Å². The van der Waals surface area contributed by atoms with Gasteiger partial charge in [0.05, 0.1) is 5.56 Å². The molecule has 0 spiro atoms. The maximum Gasteiger partial charge on any atom is 0.303 e. The van der Waals surface area contributed by atoms with E-state index in [-0.39, 0.29) is 6.42 Å². The standard InChI is InChI=1S/C12H15BrN2O3/c13-8-4-5-9(12(14)18)10(7-8)15-6-2-1-3-11(16)17/h4-5,7,15H,1-3,6H2,(H2,14,18)(H,16,17). The summed E-state index contributed by atoms with van der Waals surface area (Å²) < 4.78 is 0.848. The molecule has 0 saturated heterocycles. The van der Waals surface area contributed by atoms with E-state index in [1.165, 1.54) is 0 Å². The van der Waals surface area contributed by atoms with Crippen molar-refractivity contribution in [3.63, 3.8) is 0 Å². The van der Waals surface area contributed by atoms with E-state index in [0.29, 0.717) is 24.2 Å². The number of hydrogen-bond donors (Lipinski definition) is 3. The number of unbranched alkanes of at least 4 members (excludes halogenated alkanes) is 1. The van der Waals surface area contributed by atoms with E-state index < -0.39 is 11.9 Å². The van der Waals surface area contributed by atoms with Crippen molar-refractivity contribution in [2.45, 2.75) is 19.3 Å². The molecule has 0 aliphatic heterocycles. The van der Waals surface area contributed by atoms with Gasteiger partial charge in [0.15, 0.2) is 0 Å². The first-order valence-electron chi connectivity index (χ1n) is 5.55. The molecule has 0 saturated carbocycles. The number of rotatable bonds is 7. The molecule has 0 bridgehead atoms. The summed E-state index contributed by atoms with van der Waals surface area (Å²) in [5.74, 6) is -1.29. The smallest absolute Gasteiger partial charge is 0.303 e. The number of hydrogen-bond acceptors (Lipinski definition) is 3. The van der Waals surface area contributed by atoms with Crippen LogP contribution in [0.5, 0.6) is 0 Å². The zero-order valence-electron chi connectivity index (χ0n) is 9.78. The second-order valence-corrected chi connectivity index (χ2v) is 4.75. The third-order valence-electron chi connectivity index (χ3n) is 2.38. The lowest BCUT2D eigenvalue weighted by molar-refractivity contribution is -0.137. The van der Waals surface area contributed by atoms with Crippen molar-refractivity contribution in [3.8, 4) is 0 Å². The number of nitrogens with two attached hydrogens (primary N) is 1. The van der Waals surface area contributed by atoms with Crippen molar-refractivity contribution in [1.29, 1.82) is 0 Å². The largest absolute Gasteiger partial charge is 0.481 e. The van der Waals surface area contributed by atoms with E-state index in [4.69, 9.17) is 10.8 Å². The summed E-state index contributed by atoms with van der Waals surface area (Å²) in [6.07, 6.45) is 1.47. The van der Waals surface area contributed by atoms with Crippen LogP contribution in [0.1, 0.15) is 29.6 Å². The van der Waals surface area contributed by atoms with Gasteiger partial charge in [-0.15, -0.1) is 0 Å². The van der Waals surface area contributed by atoms with Gasteiger partial charge >= 0.3 is 5.97 Å². The topological polar surface area (TPSA) is 92.4 Å². The highest BCUT2D eigenvalue weighted by Gasteiger charge is 2.08. The number of anilines is 1. The Bertz CT molecular complexity index is 449. The van der Waals surface area contributed by atoms with Gasteiger partial charge in [-0.05, 0) is 31.0 Å². The van der Waals surface area contributed by atoms with E-state index in [1.54, 1.807) is 18.2 Å². The van der Waals surface area contributed by atoms with Crippen LogP contribution in [0.4, 0.5) is 5.69 Å². The highest BCUT2D eigenvalue weighted by atomic mass is 79.9. The summed E-state index contributed by atoms with van der Waals surface area (Å²) in [5.41, 5.74) is 6.35. The van der Waals surface area contributed by atoms with Crippen molar-refractivity contribution in [1.82, 2.24) is 0 Å².